The summed E-state index contributed by atoms with van der Waals surface area (Å²) < 4.78 is 26.4. The average Bonchev–Trinajstić information content (AvgIpc) is 3.60. The van der Waals surface area contributed by atoms with Gasteiger partial charge in [0.1, 0.15) is 12.4 Å². The van der Waals surface area contributed by atoms with Gasteiger partial charge in [-0.05, 0) is 93.6 Å². The van der Waals surface area contributed by atoms with Gasteiger partial charge in [0.05, 0.1) is 35.6 Å². The van der Waals surface area contributed by atoms with Crippen LogP contribution in [0.3, 0.4) is 0 Å². The Bertz CT molecular complexity index is 1940. The first-order valence-corrected chi connectivity index (χ1v) is 16.3. The molecule has 3 aromatic carbocycles. The molecular formula is C32H24I2N2O6S. The monoisotopic (exact) mass is 818 g/mol. The lowest BCUT2D eigenvalue weighted by Crippen LogP contribution is -2.40. The number of ether oxygens (including phenoxy) is 4. The molecule has 2 aliphatic heterocycles. The van der Waals surface area contributed by atoms with Crippen LogP contribution in [0.1, 0.15) is 29.7 Å². The zero-order chi connectivity index (χ0) is 30.1. The molecule has 0 amide bonds. The molecule has 0 fully saturated rings. The van der Waals surface area contributed by atoms with Gasteiger partial charge in [-0.15, -0.1) is 0 Å². The van der Waals surface area contributed by atoms with Crippen LogP contribution in [0.25, 0.3) is 11.8 Å². The molecule has 6 rings (SSSR count). The van der Waals surface area contributed by atoms with Gasteiger partial charge in [-0.2, -0.15) is 0 Å². The summed E-state index contributed by atoms with van der Waals surface area (Å²) in [5, 5.41) is 0. The van der Waals surface area contributed by atoms with E-state index < -0.39 is 12.0 Å². The van der Waals surface area contributed by atoms with Crippen molar-refractivity contribution in [1.29, 1.82) is 0 Å². The van der Waals surface area contributed by atoms with E-state index in [1.807, 2.05) is 60.7 Å². The van der Waals surface area contributed by atoms with Gasteiger partial charge in [-0.25, -0.2) is 9.79 Å². The predicted molar refractivity (Wildman–Crippen MR) is 181 cm³/mol. The van der Waals surface area contributed by atoms with Crippen molar-refractivity contribution < 1.29 is 23.7 Å². The van der Waals surface area contributed by atoms with Gasteiger partial charge in [0, 0.05) is 5.56 Å². The van der Waals surface area contributed by atoms with E-state index in [-0.39, 0.29) is 24.5 Å². The van der Waals surface area contributed by atoms with Crippen molar-refractivity contribution in [3.05, 3.63) is 122 Å². The fraction of sp³-hybridized carbons (Fsp3) is 0.156. The molecular weight excluding hydrogens is 794 g/mol. The van der Waals surface area contributed by atoms with Gasteiger partial charge in [0.25, 0.3) is 5.56 Å². The SMILES string of the molecule is C=CCOc1c(I)cc(/C=c2/sc3n(c2=O)[C@H](c2ccc4c(c2)OCO4)C(C(=O)OCC)=C(c2ccccc2)N=3)cc1I. The molecule has 0 saturated heterocycles. The van der Waals surface area contributed by atoms with Crippen LogP contribution in [0, 0.1) is 7.14 Å². The molecule has 8 nitrogen and oxygen atoms in total. The molecule has 0 bridgehead atoms. The Kier molecular flexibility index (Phi) is 8.73. The zero-order valence-electron chi connectivity index (χ0n) is 22.8. The number of hydrogen-bond donors (Lipinski definition) is 0. The summed E-state index contributed by atoms with van der Waals surface area (Å²) >= 11 is 5.73. The quantitative estimate of drug-likeness (QED) is 0.134. The van der Waals surface area contributed by atoms with E-state index in [1.165, 1.54) is 11.3 Å². The molecule has 0 N–H and O–H groups in total. The molecule has 1 aromatic heterocycles. The fourth-order valence-corrected chi connectivity index (χ4v) is 8.06. The van der Waals surface area contributed by atoms with Gasteiger partial charge in [-0.1, -0.05) is 60.4 Å². The minimum atomic E-state index is -0.808. The summed E-state index contributed by atoms with van der Waals surface area (Å²) in [6, 6.07) is 18.0. The Morgan fingerprint density at radius 2 is 1.86 bits per heavy atom. The zero-order valence-corrected chi connectivity index (χ0v) is 28.0. The fourth-order valence-electron chi connectivity index (χ4n) is 4.93. The van der Waals surface area contributed by atoms with Crippen LogP contribution in [0.5, 0.6) is 17.2 Å². The van der Waals surface area contributed by atoms with E-state index >= 15 is 0 Å². The van der Waals surface area contributed by atoms with Crippen molar-refractivity contribution in [2.75, 3.05) is 20.0 Å². The molecule has 2 aliphatic rings. The summed E-state index contributed by atoms with van der Waals surface area (Å²) in [6.07, 6.45) is 3.55. The van der Waals surface area contributed by atoms with Crippen LogP contribution >= 0.6 is 56.5 Å². The van der Waals surface area contributed by atoms with E-state index in [0.29, 0.717) is 38.7 Å². The molecule has 1 atom stereocenters. The minimum Gasteiger partial charge on any atom is -0.487 e. The number of carbonyl (C=O) groups is 1. The highest BCUT2D eigenvalue weighted by atomic mass is 127. The average molecular weight is 818 g/mol. The van der Waals surface area contributed by atoms with E-state index in [2.05, 4.69) is 51.8 Å². The highest BCUT2D eigenvalue weighted by Crippen LogP contribution is 2.40. The van der Waals surface area contributed by atoms with Crippen LogP contribution in [0.2, 0.25) is 0 Å². The predicted octanol–water partition coefficient (Wildman–Crippen LogP) is 5.44. The number of benzene rings is 3. The topological polar surface area (TPSA) is 88.3 Å². The van der Waals surface area contributed by atoms with E-state index in [0.717, 1.165) is 24.0 Å². The highest BCUT2D eigenvalue weighted by molar-refractivity contribution is 14.1. The molecule has 0 saturated carbocycles. The van der Waals surface area contributed by atoms with Gasteiger partial charge in [0.2, 0.25) is 6.79 Å². The molecule has 43 heavy (non-hydrogen) atoms. The molecule has 218 valence electrons. The molecule has 0 radical (unpaired) electrons. The Labute approximate surface area is 278 Å². The first-order valence-electron chi connectivity index (χ1n) is 13.3. The lowest BCUT2D eigenvalue weighted by Gasteiger charge is -2.26. The number of nitrogens with zero attached hydrogens (tertiary/aromatic N) is 2. The second-order valence-electron chi connectivity index (χ2n) is 9.46. The normalized spacial score (nSPS) is 15.6. The standard InChI is InChI=1S/C32H24I2N2O6S/c1-3-12-40-29-21(33)13-18(14-22(29)34)15-25-30(37)36-28(20-10-11-23-24(16-20)42-17-41-23)26(31(38)39-4-2)27(35-32(36)43-25)19-8-6-5-7-9-19/h3,5-11,13-16,28H,1,4,12,17H2,2H3/b25-15+/t28-/m1/s1. The number of carbonyl (C=O) groups excluding carboxylic acids is 1. The number of fused-ring (bicyclic) bond motifs is 2. The van der Waals surface area contributed by atoms with Gasteiger partial charge >= 0.3 is 5.97 Å². The van der Waals surface area contributed by atoms with Crippen molar-refractivity contribution in [3.63, 3.8) is 0 Å². The summed E-state index contributed by atoms with van der Waals surface area (Å²) in [7, 11) is 0. The van der Waals surface area contributed by atoms with Crippen LogP contribution in [0.4, 0.5) is 0 Å². The third-order valence-corrected chi connectivity index (χ3v) is 9.34. The number of esters is 1. The second-order valence-corrected chi connectivity index (χ2v) is 12.8. The third-order valence-electron chi connectivity index (χ3n) is 6.75. The maximum Gasteiger partial charge on any atom is 0.338 e. The summed E-state index contributed by atoms with van der Waals surface area (Å²) in [6.45, 7) is 6.15. The number of halogens is 2. The van der Waals surface area contributed by atoms with Crippen LogP contribution < -0.4 is 29.1 Å². The van der Waals surface area contributed by atoms with E-state index in [1.54, 1.807) is 23.6 Å². The van der Waals surface area contributed by atoms with Crippen molar-refractivity contribution in [2.24, 2.45) is 4.99 Å². The Balaban J connectivity index is 1.59. The molecule has 11 heteroatoms. The number of aromatic nitrogens is 1. The smallest absolute Gasteiger partial charge is 0.338 e. The van der Waals surface area contributed by atoms with Crippen LogP contribution in [-0.2, 0) is 9.53 Å². The van der Waals surface area contributed by atoms with Crippen molar-refractivity contribution in [2.45, 2.75) is 13.0 Å². The van der Waals surface area contributed by atoms with Gasteiger partial charge in [0.15, 0.2) is 16.3 Å². The first kappa shape index (κ1) is 29.6. The van der Waals surface area contributed by atoms with Crippen LogP contribution in [0.15, 0.2) is 88.7 Å². The Hall–Kier alpha value is -3.43. The Morgan fingerprint density at radius 1 is 1.12 bits per heavy atom. The summed E-state index contributed by atoms with van der Waals surface area (Å²) in [5.41, 5.74) is 2.74. The molecule has 4 aromatic rings. The van der Waals surface area contributed by atoms with Crippen molar-refractivity contribution >= 4 is 74.3 Å². The molecule has 0 spiro atoms. The third kappa shape index (κ3) is 5.77. The number of hydrogen-bond acceptors (Lipinski definition) is 8. The summed E-state index contributed by atoms with van der Waals surface area (Å²) in [4.78, 5) is 33.2. The number of rotatable bonds is 8. The minimum absolute atomic E-state index is 0.104. The molecule has 0 aliphatic carbocycles. The molecule has 0 unspecified atom stereocenters. The highest BCUT2D eigenvalue weighted by Gasteiger charge is 2.36. The maximum atomic E-state index is 14.2. The molecule has 3 heterocycles. The van der Waals surface area contributed by atoms with Gasteiger partial charge < -0.3 is 18.9 Å². The van der Waals surface area contributed by atoms with E-state index in [9.17, 15) is 9.59 Å². The van der Waals surface area contributed by atoms with Crippen LogP contribution in [-0.4, -0.2) is 30.5 Å². The lowest BCUT2D eigenvalue weighted by molar-refractivity contribution is -0.138. The maximum absolute atomic E-state index is 14.2. The van der Waals surface area contributed by atoms with E-state index in [4.69, 9.17) is 23.9 Å². The summed E-state index contributed by atoms with van der Waals surface area (Å²) in [5.74, 6) is 1.38. The van der Waals surface area contributed by atoms with Crippen molar-refractivity contribution in [3.8, 4) is 17.2 Å². The lowest BCUT2D eigenvalue weighted by atomic mass is 9.93. The number of thiazole rings is 1. The van der Waals surface area contributed by atoms with Crippen molar-refractivity contribution in [1.82, 2.24) is 4.57 Å². The first-order chi connectivity index (χ1) is 20.9. The van der Waals surface area contributed by atoms with Gasteiger partial charge in [-0.3, -0.25) is 9.36 Å². The largest absolute Gasteiger partial charge is 0.487 e. The second kappa shape index (κ2) is 12.7. The Morgan fingerprint density at radius 3 is 2.58 bits per heavy atom.